The summed E-state index contributed by atoms with van der Waals surface area (Å²) in [5, 5.41) is 3.58. The van der Waals surface area contributed by atoms with E-state index in [-0.39, 0.29) is 0 Å². The number of amides is 1. The third-order valence-electron chi connectivity index (χ3n) is 4.79. The summed E-state index contributed by atoms with van der Waals surface area (Å²) in [5.41, 5.74) is 2.81. The predicted molar refractivity (Wildman–Crippen MR) is 80.5 cm³/mol. The van der Waals surface area contributed by atoms with Crippen LogP contribution in [0.2, 0.25) is 0 Å². The highest BCUT2D eigenvalue weighted by Crippen LogP contribution is 2.27. The van der Waals surface area contributed by atoms with Gasteiger partial charge in [-0.2, -0.15) is 0 Å². The molecule has 2 aliphatic rings. The Kier molecular flexibility index (Phi) is 4.36. The average molecular weight is 272 g/mol. The molecule has 1 fully saturated rings. The van der Waals surface area contributed by atoms with Crippen molar-refractivity contribution in [3.8, 4) is 0 Å². The highest BCUT2D eigenvalue weighted by atomic mass is 16.1. The first-order valence-corrected chi connectivity index (χ1v) is 7.90. The first kappa shape index (κ1) is 13.6. The number of rotatable bonds is 4. The molecule has 1 aliphatic heterocycles. The Morgan fingerprint density at radius 3 is 2.80 bits per heavy atom. The number of nitrogens with one attached hydrogen (secondary N) is 1. The Morgan fingerprint density at radius 1 is 1.20 bits per heavy atom. The second kappa shape index (κ2) is 6.40. The van der Waals surface area contributed by atoms with Gasteiger partial charge in [0.2, 0.25) is 6.41 Å². The van der Waals surface area contributed by atoms with Gasteiger partial charge in [0.25, 0.3) is 0 Å². The molecule has 1 aromatic rings. The number of hydrogen-bond acceptors (Lipinski definition) is 2. The van der Waals surface area contributed by atoms with Crippen molar-refractivity contribution in [2.45, 2.75) is 50.6 Å². The van der Waals surface area contributed by atoms with E-state index in [9.17, 15) is 4.79 Å². The molecule has 1 atom stereocenters. The van der Waals surface area contributed by atoms with Crippen molar-refractivity contribution >= 4 is 6.41 Å². The summed E-state index contributed by atoms with van der Waals surface area (Å²) in [6.45, 7) is 1.82. The Hall–Kier alpha value is -1.35. The summed E-state index contributed by atoms with van der Waals surface area (Å²) in [6.07, 6.45) is 8.37. The van der Waals surface area contributed by atoms with Crippen molar-refractivity contribution < 1.29 is 4.79 Å². The number of fused-ring (bicyclic) bond motifs is 1. The van der Waals surface area contributed by atoms with Crippen LogP contribution in [0, 0.1) is 0 Å². The molecule has 0 aromatic heterocycles. The van der Waals surface area contributed by atoms with E-state index in [0.29, 0.717) is 12.1 Å². The highest BCUT2D eigenvalue weighted by Gasteiger charge is 2.25. The highest BCUT2D eigenvalue weighted by molar-refractivity contribution is 5.48. The van der Waals surface area contributed by atoms with Crippen LogP contribution in [0.25, 0.3) is 0 Å². The molecule has 0 spiro atoms. The summed E-state index contributed by atoms with van der Waals surface area (Å²) in [7, 11) is 0. The normalized spacial score (nSPS) is 23.1. The first-order chi connectivity index (χ1) is 9.88. The minimum Gasteiger partial charge on any atom is -0.340 e. The number of carbonyl (C=O) groups excluding carboxylic acids is 1. The molecule has 1 saturated carbocycles. The molecular weight excluding hydrogens is 248 g/mol. The monoisotopic (exact) mass is 272 g/mol. The smallest absolute Gasteiger partial charge is 0.210 e. The summed E-state index contributed by atoms with van der Waals surface area (Å²) in [6, 6.07) is 9.39. The van der Waals surface area contributed by atoms with Crippen molar-refractivity contribution in [3.05, 3.63) is 35.4 Å². The third kappa shape index (κ3) is 2.88. The minimum atomic E-state index is 0.298. The van der Waals surface area contributed by atoms with Crippen molar-refractivity contribution in [1.29, 1.82) is 0 Å². The molecule has 0 saturated heterocycles. The van der Waals surface area contributed by atoms with Crippen molar-refractivity contribution in [1.82, 2.24) is 10.2 Å². The van der Waals surface area contributed by atoms with Crippen LogP contribution in [0.1, 0.15) is 49.3 Å². The van der Waals surface area contributed by atoms with E-state index in [1.165, 1.54) is 43.2 Å². The number of carbonyl (C=O) groups is 1. The van der Waals surface area contributed by atoms with Crippen LogP contribution in [-0.2, 0) is 11.2 Å². The fourth-order valence-corrected chi connectivity index (χ4v) is 3.66. The van der Waals surface area contributed by atoms with Gasteiger partial charge in [-0.25, -0.2) is 0 Å². The van der Waals surface area contributed by atoms with Gasteiger partial charge in [-0.15, -0.1) is 0 Å². The Bertz CT molecular complexity index is 454. The van der Waals surface area contributed by atoms with E-state index >= 15 is 0 Å². The van der Waals surface area contributed by atoms with Crippen LogP contribution in [0.5, 0.6) is 0 Å². The topological polar surface area (TPSA) is 32.3 Å². The lowest BCUT2D eigenvalue weighted by atomic mass is 9.91. The fourth-order valence-electron chi connectivity index (χ4n) is 3.66. The van der Waals surface area contributed by atoms with Gasteiger partial charge in [0.15, 0.2) is 0 Å². The summed E-state index contributed by atoms with van der Waals surface area (Å²) in [5.74, 6) is 0. The Balaban J connectivity index is 1.71. The molecule has 1 heterocycles. The molecule has 1 unspecified atom stereocenters. The van der Waals surface area contributed by atoms with Gasteiger partial charge in [0.1, 0.15) is 0 Å². The van der Waals surface area contributed by atoms with E-state index in [1.807, 2.05) is 4.90 Å². The maximum atomic E-state index is 11.5. The summed E-state index contributed by atoms with van der Waals surface area (Å²) >= 11 is 0. The Labute approximate surface area is 121 Å². The molecule has 1 aliphatic carbocycles. The van der Waals surface area contributed by atoms with Gasteiger partial charge in [-0.05, 0) is 36.9 Å². The zero-order valence-electron chi connectivity index (χ0n) is 12.1. The molecular formula is C17H24N2O. The molecule has 3 heteroatoms. The molecule has 108 valence electrons. The van der Waals surface area contributed by atoms with Gasteiger partial charge in [-0.3, -0.25) is 4.79 Å². The molecule has 20 heavy (non-hydrogen) atoms. The number of nitrogens with zero attached hydrogens (tertiary/aromatic N) is 1. The molecule has 1 aromatic carbocycles. The zero-order chi connectivity index (χ0) is 13.8. The van der Waals surface area contributed by atoms with Crippen molar-refractivity contribution in [2.24, 2.45) is 0 Å². The molecule has 3 rings (SSSR count). The van der Waals surface area contributed by atoms with Gasteiger partial charge in [0, 0.05) is 12.6 Å². The molecule has 1 N–H and O–H groups in total. The fraction of sp³-hybridized carbons (Fsp3) is 0.588. The third-order valence-corrected chi connectivity index (χ3v) is 4.79. The van der Waals surface area contributed by atoms with Crippen LogP contribution in [0.4, 0.5) is 0 Å². The van der Waals surface area contributed by atoms with Gasteiger partial charge in [-0.1, -0.05) is 43.5 Å². The lowest BCUT2D eigenvalue weighted by Gasteiger charge is -2.36. The van der Waals surface area contributed by atoms with E-state index in [4.69, 9.17) is 0 Å². The number of benzene rings is 1. The quantitative estimate of drug-likeness (QED) is 0.855. The van der Waals surface area contributed by atoms with Crippen LogP contribution in [0.15, 0.2) is 24.3 Å². The minimum absolute atomic E-state index is 0.298. The van der Waals surface area contributed by atoms with Crippen LogP contribution in [0.3, 0.4) is 0 Å². The Morgan fingerprint density at radius 2 is 2.00 bits per heavy atom. The van der Waals surface area contributed by atoms with E-state index in [1.54, 1.807) is 0 Å². The lowest BCUT2D eigenvalue weighted by Crippen LogP contribution is -2.43. The largest absolute Gasteiger partial charge is 0.340 e. The van der Waals surface area contributed by atoms with Crippen molar-refractivity contribution in [3.63, 3.8) is 0 Å². The van der Waals surface area contributed by atoms with Crippen LogP contribution >= 0.6 is 0 Å². The molecule has 0 radical (unpaired) electrons. The van der Waals surface area contributed by atoms with E-state index < -0.39 is 0 Å². The van der Waals surface area contributed by atoms with Crippen LogP contribution < -0.4 is 5.32 Å². The summed E-state index contributed by atoms with van der Waals surface area (Å²) < 4.78 is 0. The first-order valence-electron chi connectivity index (χ1n) is 7.90. The maximum Gasteiger partial charge on any atom is 0.210 e. The van der Waals surface area contributed by atoms with Gasteiger partial charge < -0.3 is 10.2 Å². The lowest BCUT2D eigenvalue weighted by molar-refractivity contribution is -0.121. The van der Waals surface area contributed by atoms with E-state index in [0.717, 1.165) is 25.9 Å². The standard InChI is InChI=1S/C17H24N2O/c20-13-19(15-7-2-1-3-8-15)12-17-16-9-5-4-6-14(16)10-11-18-17/h4-6,9,13,15,17-18H,1-3,7-8,10-12H2. The van der Waals surface area contributed by atoms with Gasteiger partial charge >= 0.3 is 0 Å². The summed E-state index contributed by atoms with van der Waals surface area (Å²) in [4.78, 5) is 13.5. The zero-order valence-corrected chi connectivity index (χ0v) is 12.1. The SMILES string of the molecule is O=CN(CC1NCCc2ccccc21)C1CCCCC1. The second-order valence-electron chi connectivity index (χ2n) is 6.05. The molecule has 3 nitrogen and oxygen atoms in total. The maximum absolute atomic E-state index is 11.5. The average Bonchev–Trinajstić information content (AvgIpc) is 2.53. The van der Waals surface area contributed by atoms with Crippen molar-refractivity contribution in [2.75, 3.05) is 13.1 Å². The van der Waals surface area contributed by atoms with Crippen LogP contribution in [-0.4, -0.2) is 30.4 Å². The molecule has 1 amide bonds. The van der Waals surface area contributed by atoms with E-state index in [2.05, 4.69) is 29.6 Å². The second-order valence-corrected chi connectivity index (χ2v) is 6.05. The molecule has 0 bridgehead atoms. The van der Waals surface area contributed by atoms with Gasteiger partial charge in [0.05, 0.1) is 6.04 Å². The number of hydrogen-bond donors (Lipinski definition) is 1. The predicted octanol–water partition coefficient (Wildman–Crippen LogP) is 2.66.